The number of aliphatic carboxylic acids is 1. The molecule has 8 heteroatoms. The summed E-state index contributed by atoms with van der Waals surface area (Å²) in [6.45, 7) is 0. The highest BCUT2D eigenvalue weighted by molar-refractivity contribution is 6.31. The molecule has 1 amide bonds. The summed E-state index contributed by atoms with van der Waals surface area (Å²) in [4.78, 5) is 27.9. The van der Waals surface area contributed by atoms with E-state index >= 15 is 0 Å². The fourth-order valence-electron chi connectivity index (χ4n) is 3.71. The van der Waals surface area contributed by atoms with Crippen molar-refractivity contribution in [2.75, 3.05) is 5.32 Å². The van der Waals surface area contributed by atoms with Gasteiger partial charge in [-0.15, -0.1) is 0 Å². The Morgan fingerprint density at radius 3 is 2.65 bits per heavy atom. The standard InChI is InChI=1S/C18H21ClN4O3/c19-13-4-5-15(23-12-20-11-21-23)14(8-13)22-16(24)9-18(10-17(25)26)6-2-1-3-7-18/h4-5,8,11-12H,1-3,6-7,9-10H2,(H,22,24)(H,25,26). The number of carboxylic acid groups (broad SMARTS) is 1. The van der Waals surface area contributed by atoms with Crippen LogP contribution in [0.25, 0.3) is 5.69 Å². The molecule has 1 aromatic carbocycles. The van der Waals surface area contributed by atoms with Crippen LogP contribution in [0, 0.1) is 5.41 Å². The minimum Gasteiger partial charge on any atom is -0.481 e. The highest BCUT2D eigenvalue weighted by atomic mass is 35.5. The second-order valence-electron chi connectivity index (χ2n) is 6.86. The number of carbonyl (C=O) groups excluding carboxylic acids is 1. The molecule has 138 valence electrons. The van der Waals surface area contributed by atoms with E-state index in [1.165, 1.54) is 12.7 Å². The first-order chi connectivity index (χ1) is 12.5. The van der Waals surface area contributed by atoms with Gasteiger partial charge in [0.25, 0.3) is 0 Å². The van der Waals surface area contributed by atoms with Crippen molar-refractivity contribution < 1.29 is 14.7 Å². The molecule has 0 radical (unpaired) electrons. The Labute approximate surface area is 156 Å². The largest absolute Gasteiger partial charge is 0.481 e. The molecule has 0 bridgehead atoms. The van der Waals surface area contributed by atoms with E-state index in [0.29, 0.717) is 16.4 Å². The average Bonchev–Trinajstić information content (AvgIpc) is 3.09. The minimum atomic E-state index is -0.856. The third kappa shape index (κ3) is 4.40. The first-order valence-electron chi connectivity index (χ1n) is 8.64. The molecular weight excluding hydrogens is 356 g/mol. The quantitative estimate of drug-likeness (QED) is 0.801. The summed E-state index contributed by atoms with van der Waals surface area (Å²) in [6.07, 6.45) is 7.68. The van der Waals surface area contributed by atoms with Gasteiger partial charge in [-0.3, -0.25) is 9.59 Å². The molecular formula is C18H21ClN4O3. The molecule has 0 spiro atoms. The van der Waals surface area contributed by atoms with Crippen LogP contribution in [0.1, 0.15) is 44.9 Å². The molecule has 0 saturated heterocycles. The smallest absolute Gasteiger partial charge is 0.303 e. The molecule has 1 fully saturated rings. The van der Waals surface area contributed by atoms with Crippen molar-refractivity contribution in [1.29, 1.82) is 0 Å². The lowest BCUT2D eigenvalue weighted by molar-refractivity contribution is -0.140. The number of benzene rings is 1. The van der Waals surface area contributed by atoms with Crippen LogP contribution >= 0.6 is 11.6 Å². The van der Waals surface area contributed by atoms with Crippen molar-refractivity contribution in [3.8, 4) is 5.69 Å². The second-order valence-corrected chi connectivity index (χ2v) is 7.29. The number of halogens is 1. The van der Waals surface area contributed by atoms with Crippen molar-refractivity contribution >= 4 is 29.2 Å². The highest BCUT2D eigenvalue weighted by Gasteiger charge is 2.36. The summed E-state index contributed by atoms with van der Waals surface area (Å²) in [5.41, 5.74) is 0.700. The number of rotatable bonds is 6. The number of aromatic nitrogens is 3. The van der Waals surface area contributed by atoms with E-state index in [9.17, 15) is 14.7 Å². The van der Waals surface area contributed by atoms with Crippen LogP contribution in [0.4, 0.5) is 5.69 Å². The lowest BCUT2D eigenvalue weighted by Crippen LogP contribution is -2.32. The van der Waals surface area contributed by atoms with Gasteiger partial charge in [-0.25, -0.2) is 9.67 Å². The van der Waals surface area contributed by atoms with E-state index in [4.69, 9.17) is 11.6 Å². The number of amides is 1. The zero-order chi connectivity index (χ0) is 18.6. The number of carboxylic acids is 1. The zero-order valence-corrected chi connectivity index (χ0v) is 15.1. The fourth-order valence-corrected chi connectivity index (χ4v) is 3.89. The minimum absolute atomic E-state index is 0.0197. The Morgan fingerprint density at radius 1 is 1.23 bits per heavy atom. The van der Waals surface area contributed by atoms with Gasteiger partial charge in [0.05, 0.1) is 17.8 Å². The molecule has 0 aliphatic heterocycles. The molecule has 26 heavy (non-hydrogen) atoms. The van der Waals surface area contributed by atoms with Crippen LogP contribution in [0.2, 0.25) is 5.02 Å². The summed E-state index contributed by atoms with van der Waals surface area (Å²) in [7, 11) is 0. The van der Waals surface area contributed by atoms with Crippen LogP contribution in [0.3, 0.4) is 0 Å². The zero-order valence-electron chi connectivity index (χ0n) is 14.3. The summed E-state index contributed by atoms with van der Waals surface area (Å²) in [5, 5.41) is 16.7. The van der Waals surface area contributed by atoms with Gasteiger partial charge in [0, 0.05) is 11.4 Å². The number of nitrogens with one attached hydrogen (secondary N) is 1. The predicted octanol–water partition coefficient (Wildman–Crippen LogP) is 3.67. The molecule has 1 heterocycles. The molecule has 2 aromatic rings. The normalized spacial score (nSPS) is 16.2. The topological polar surface area (TPSA) is 97.1 Å². The van der Waals surface area contributed by atoms with E-state index in [-0.39, 0.29) is 18.7 Å². The number of hydrogen-bond acceptors (Lipinski definition) is 4. The predicted molar refractivity (Wildman–Crippen MR) is 97.4 cm³/mol. The van der Waals surface area contributed by atoms with Crippen molar-refractivity contribution in [1.82, 2.24) is 14.8 Å². The van der Waals surface area contributed by atoms with Crippen LogP contribution in [0.5, 0.6) is 0 Å². The van der Waals surface area contributed by atoms with Gasteiger partial charge in [-0.05, 0) is 36.5 Å². The maximum absolute atomic E-state index is 12.7. The van der Waals surface area contributed by atoms with E-state index in [1.54, 1.807) is 22.9 Å². The van der Waals surface area contributed by atoms with Crippen molar-refractivity contribution in [3.05, 3.63) is 35.9 Å². The van der Waals surface area contributed by atoms with Crippen LogP contribution in [-0.4, -0.2) is 31.7 Å². The Hall–Kier alpha value is -2.41. The molecule has 1 saturated carbocycles. The molecule has 1 aliphatic rings. The number of hydrogen-bond donors (Lipinski definition) is 2. The van der Waals surface area contributed by atoms with Gasteiger partial charge in [0.15, 0.2) is 0 Å². The Bertz CT molecular complexity index is 786. The fraction of sp³-hybridized carbons (Fsp3) is 0.444. The summed E-state index contributed by atoms with van der Waals surface area (Å²) in [6, 6.07) is 5.11. The monoisotopic (exact) mass is 376 g/mol. The molecule has 2 N–H and O–H groups in total. The first-order valence-corrected chi connectivity index (χ1v) is 9.01. The molecule has 1 aromatic heterocycles. The molecule has 7 nitrogen and oxygen atoms in total. The second kappa shape index (κ2) is 7.86. The number of nitrogens with zero attached hydrogens (tertiary/aromatic N) is 3. The van der Waals surface area contributed by atoms with Crippen molar-refractivity contribution in [2.24, 2.45) is 5.41 Å². The summed E-state index contributed by atoms with van der Waals surface area (Å²) < 4.78 is 1.54. The maximum Gasteiger partial charge on any atom is 0.303 e. The van der Waals surface area contributed by atoms with E-state index in [2.05, 4.69) is 15.4 Å². The Morgan fingerprint density at radius 2 is 2.00 bits per heavy atom. The van der Waals surface area contributed by atoms with Gasteiger partial charge in [0.2, 0.25) is 5.91 Å². The Kier molecular flexibility index (Phi) is 5.56. The van der Waals surface area contributed by atoms with Crippen molar-refractivity contribution in [2.45, 2.75) is 44.9 Å². The molecule has 0 atom stereocenters. The van der Waals surface area contributed by atoms with Gasteiger partial charge < -0.3 is 10.4 Å². The molecule has 1 aliphatic carbocycles. The van der Waals surface area contributed by atoms with Gasteiger partial charge in [-0.1, -0.05) is 30.9 Å². The third-order valence-electron chi connectivity index (χ3n) is 4.87. The van der Waals surface area contributed by atoms with Gasteiger partial charge in [0.1, 0.15) is 12.7 Å². The van der Waals surface area contributed by atoms with Crippen LogP contribution in [-0.2, 0) is 9.59 Å². The van der Waals surface area contributed by atoms with Crippen LogP contribution in [0.15, 0.2) is 30.9 Å². The highest BCUT2D eigenvalue weighted by Crippen LogP contribution is 2.42. The lowest BCUT2D eigenvalue weighted by atomic mass is 9.69. The van der Waals surface area contributed by atoms with Gasteiger partial charge in [-0.2, -0.15) is 5.10 Å². The molecule has 3 rings (SSSR count). The lowest BCUT2D eigenvalue weighted by Gasteiger charge is -2.35. The summed E-state index contributed by atoms with van der Waals surface area (Å²) in [5.74, 6) is -1.07. The van der Waals surface area contributed by atoms with Crippen LogP contribution < -0.4 is 5.32 Å². The summed E-state index contributed by atoms with van der Waals surface area (Å²) >= 11 is 6.08. The number of anilines is 1. The first kappa shape index (κ1) is 18.4. The maximum atomic E-state index is 12.7. The third-order valence-corrected chi connectivity index (χ3v) is 5.11. The van der Waals surface area contributed by atoms with Crippen molar-refractivity contribution in [3.63, 3.8) is 0 Å². The number of carbonyl (C=O) groups is 2. The van der Waals surface area contributed by atoms with E-state index in [1.807, 2.05) is 0 Å². The van der Waals surface area contributed by atoms with E-state index in [0.717, 1.165) is 32.1 Å². The average molecular weight is 377 g/mol. The van der Waals surface area contributed by atoms with E-state index < -0.39 is 11.4 Å². The molecule has 0 unspecified atom stereocenters. The van der Waals surface area contributed by atoms with Gasteiger partial charge >= 0.3 is 5.97 Å². The SMILES string of the molecule is O=C(O)CC1(CC(=O)Nc2cc(Cl)ccc2-n2cncn2)CCCCC1. The Balaban J connectivity index is 1.79.